The molecular weight excluding hydrogens is 256 g/mol. The second-order valence-corrected chi connectivity index (χ2v) is 5.84. The van der Waals surface area contributed by atoms with Crippen LogP contribution in [0.2, 0.25) is 0 Å². The molecule has 2 aromatic rings. The minimum absolute atomic E-state index is 0.210. The third-order valence-corrected chi connectivity index (χ3v) is 3.60. The Balaban J connectivity index is 2.54. The highest BCUT2D eigenvalue weighted by atomic mass is 32.2. The van der Waals surface area contributed by atoms with Gasteiger partial charge < -0.3 is 4.98 Å². The van der Waals surface area contributed by atoms with Gasteiger partial charge in [-0.1, -0.05) is 6.07 Å². The van der Waals surface area contributed by atoms with Gasteiger partial charge in [0.15, 0.2) is 9.84 Å². The van der Waals surface area contributed by atoms with E-state index in [1.807, 2.05) is 0 Å². The molecule has 1 heterocycles. The molecule has 0 saturated heterocycles. The quantitative estimate of drug-likeness (QED) is 0.677. The van der Waals surface area contributed by atoms with E-state index in [1.165, 1.54) is 18.2 Å². The Labute approximate surface area is 103 Å². The molecule has 0 spiro atoms. The highest BCUT2D eigenvalue weighted by Crippen LogP contribution is 2.22. The van der Waals surface area contributed by atoms with Crippen molar-refractivity contribution in [1.82, 2.24) is 4.98 Å². The Morgan fingerprint density at radius 3 is 2.72 bits per heavy atom. The van der Waals surface area contributed by atoms with E-state index in [9.17, 15) is 18.5 Å². The molecule has 0 aliphatic heterocycles. The van der Waals surface area contributed by atoms with Crippen LogP contribution in [0.1, 0.15) is 5.56 Å². The van der Waals surface area contributed by atoms with Gasteiger partial charge in [0.2, 0.25) is 6.20 Å². The van der Waals surface area contributed by atoms with Crippen LogP contribution in [0.15, 0.2) is 35.5 Å². The van der Waals surface area contributed by atoms with E-state index in [-0.39, 0.29) is 4.90 Å². The lowest BCUT2D eigenvalue weighted by Gasteiger charge is -1.98. The largest absolute Gasteiger partial charge is 0.361 e. The lowest BCUT2D eigenvalue weighted by molar-refractivity contribution is -0.400. The van der Waals surface area contributed by atoms with E-state index in [4.69, 9.17) is 0 Å². The fourth-order valence-corrected chi connectivity index (χ4v) is 2.28. The van der Waals surface area contributed by atoms with Crippen LogP contribution in [-0.4, -0.2) is 24.6 Å². The van der Waals surface area contributed by atoms with Crippen LogP contribution in [0, 0.1) is 10.1 Å². The van der Waals surface area contributed by atoms with Crippen LogP contribution in [0.4, 0.5) is 0 Å². The molecule has 0 amide bonds. The summed E-state index contributed by atoms with van der Waals surface area (Å²) in [5.41, 5.74) is 1.27. The highest BCUT2D eigenvalue weighted by Gasteiger charge is 2.09. The predicted molar refractivity (Wildman–Crippen MR) is 67.4 cm³/mol. The van der Waals surface area contributed by atoms with Crippen molar-refractivity contribution in [2.24, 2.45) is 0 Å². The lowest BCUT2D eigenvalue weighted by atomic mass is 10.2. The number of benzene rings is 1. The zero-order chi connectivity index (χ0) is 13.3. The van der Waals surface area contributed by atoms with Crippen molar-refractivity contribution >= 4 is 26.8 Å². The van der Waals surface area contributed by atoms with Crippen molar-refractivity contribution < 1.29 is 13.3 Å². The molecule has 18 heavy (non-hydrogen) atoms. The minimum Gasteiger partial charge on any atom is -0.361 e. The average molecular weight is 266 g/mol. The normalized spacial score (nSPS) is 12.3. The molecule has 0 bridgehead atoms. The van der Waals surface area contributed by atoms with E-state index < -0.39 is 14.8 Å². The zero-order valence-corrected chi connectivity index (χ0v) is 10.3. The molecule has 2 rings (SSSR count). The SMILES string of the molecule is CS(=O)(=O)c1ccc2c(/C=C/[N+](=O)[O-])c[nH]c2c1. The van der Waals surface area contributed by atoms with E-state index >= 15 is 0 Å². The molecule has 0 aliphatic rings. The number of nitro groups is 1. The number of rotatable bonds is 3. The van der Waals surface area contributed by atoms with Gasteiger partial charge in [-0.05, 0) is 12.1 Å². The molecule has 0 atom stereocenters. The Kier molecular flexibility index (Phi) is 2.92. The van der Waals surface area contributed by atoms with Crippen molar-refractivity contribution in [2.45, 2.75) is 4.90 Å². The first kappa shape index (κ1) is 12.3. The maximum absolute atomic E-state index is 11.4. The summed E-state index contributed by atoms with van der Waals surface area (Å²) in [6.45, 7) is 0. The van der Waals surface area contributed by atoms with Gasteiger partial charge in [0, 0.05) is 35.0 Å². The van der Waals surface area contributed by atoms with Gasteiger partial charge >= 0.3 is 0 Å². The topological polar surface area (TPSA) is 93.1 Å². The fourth-order valence-electron chi connectivity index (χ4n) is 1.64. The summed E-state index contributed by atoms with van der Waals surface area (Å²) < 4.78 is 22.8. The van der Waals surface area contributed by atoms with Gasteiger partial charge in [-0.15, -0.1) is 0 Å². The van der Waals surface area contributed by atoms with Gasteiger partial charge in [-0.2, -0.15) is 0 Å². The first-order valence-electron chi connectivity index (χ1n) is 5.01. The second-order valence-electron chi connectivity index (χ2n) is 3.82. The van der Waals surface area contributed by atoms with Crippen molar-refractivity contribution in [3.63, 3.8) is 0 Å². The molecule has 1 N–H and O–H groups in total. The zero-order valence-electron chi connectivity index (χ0n) is 9.45. The number of aromatic amines is 1. The standard InChI is InChI=1S/C11H10N2O4S/c1-18(16,17)9-2-3-10-8(4-5-13(14)15)7-12-11(10)6-9/h2-7,12H,1H3/b5-4+. The number of fused-ring (bicyclic) bond motifs is 1. The average Bonchev–Trinajstić information content (AvgIpc) is 2.67. The Bertz CT molecular complexity index is 743. The molecule has 1 aromatic heterocycles. The summed E-state index contributed by atoms with van der Waals surface area (Å²) in [7, 11) is -3.26. The first-order chi connectivity index (χ1) is 8.38. The summed E-state index contributed by atoms with van der Waals surface area (Å²) in [5.74, 6) is 0. The van der Waals surface area contributed by atoms with Gasteiger partial charge in [-0.25, -0.2) is 8.42 Å². The van der Waals surface area contributed by atoms with Crippen molar-refractivity contribution in [3.8, 4) is 0 Å². The van der Waals surface area contributed by atoms with Crippen molar-refractivity contribution in [1.29, 1.82) is 0 Å². The third-order valence-electron chi connectivity index (χ3n) is 2.49. The number of aromatic nitrogens is 1. The molecule has 0 aliphatic carbocycles. The Hall–Kier alpha value is -2.15. The van der Waals surface area contributed by atoms with Crippen LogP contribution in [0.5, 0.6) is 0 Å². The number of hydrogen-bond donors (Lipinski definition) is 1. The summed E-state index contributed by atoms with van der Waals surface area (Å²) in [6, 6.07) is 4.62. The molecule has 0 unspecified atom stereocenters. The molecule has 0 fully saturated rings. The molecule has 94 valence electrons. The lowest BCUT2D eigenvalue weighted by Crippen LogP contribution is -1.96. The van der Waals surface area contributed by atoms with Crippen LogP contribution in [0.3, 0.4) is 0 Å². The van der Waals surface area contributed by atoms with Crippen LogP contribution in [-0.2, 0) is 9.84 Å². The van der Waals surface area contributed by atoms with E-state index in [2.05, 4.69) is 4.98 Å². The number of nitrogens with one attached hydrogen (secondary N) is 1. The number of hydrogen-bond acceptors (Lipinski definition) is 4. The van der Waals surface area contributed by atoms with Gasteiger partial charge in [0.1, 0.15) is 0 Å². The first-order valence-corrected chi connectivity index (χ1v) is 6.90. The van der Waals surface area contributed by atoms with Gasteiger partial charge in [-0.3, -0.25) is 10.1 Å². The van der Waals surface area contributed by atoms with Crippen LogP contribution in [0.25, 0.3) is 17.0 Å². The second kappa shape index (κ2) is 4.26. The fraction of sp³-hybridized carbons (Fsp3) is 0.0909. The van der Waals surface area contributed by atoms with Crippen molar-refractivity contribution in [3.05, 3.63) is 46.3 Å². The number of nitrogens with zero attached hydrogens (tertiary/aromatic N) is 1. The summed E-state index contributed by atoms with van der Waals surface area (Å²) in [4.78, 5) is 12.8. The minimum atomic E-state index is -3.26. The summed E-state index contributed by atoms with van der Waals surface area (Å²) >= 11 is 0. The number of H-pyrrole nitrogens is 1. The maximum Gasteiger partial charge on any atom is 0.235 e. The van der Waals surface area contributed by atoms with Gasteiger partial charge in [0.25, 0.3) is 0 Å². The molecule has 1 aromatic carbocycles. The van der Waals surface area contributed by atoms with Crippen LogP contribution < -0.4 is 0 Å². The maximum atomic E-state index is 11.4. The van der Waals surface area contributed by atoms with E-state index in [0.29, 0.717) is 11.1 Å². The molecule has 0 saturated carbocycles. The Morgan fingerprint density at radius 2 is 2.11 bits per heavy atom. The third kappa shape index (κ3) is 2.40. The Morgan fingerprint density at radius 1 is 1.39 bits per heavy atom. The molecule has 6 nitrogen and oxygen atoms in total. The summed E-state index contributed by atoms with van der Waals surface area (Å²) in [5, 5.41) is 11.0. The highest BCUT2D eigenvalue weighted by molar-refractivity contribution is 7.90. The summed E-state index contributed by atoms with van der Waals surface area (Å²) in [6.07, 6.45) is 4.92. The smallest absolute Gasteiger partial charge is 0.235 e. The van der Waals surface area contributed by atoms with E-state index in [1.54, 1.807) is 12.3 Å². The molecular formula is C11H10N2O4S. The molecule has 0 radical (unpaired) electrons. The van der Waals surface area contributed by atoms with Crippen LogP contribution >= 0.6 is 0 Å². The van der Waals surface area contributed by atoms with Crippen molar-refractivity contribution in [2.75, 3.05) is 6.26 Å². The van der Waals surface area contributed by atoms with E-state index in [0.717, 1.165) is 17.8 Å². The number of sulfone groups is 1. The van der Waals surface area contributed by atoms with Gasteiger partial charge in [0.05, 0.1) is 9.82 Å². The predicted octanol–water partition coefficient (Wildman–Crippen LogP) is 1.82. The monoisotopic (exact) mass is 266 g/mol. The molecule has 7 heteroatoms.